The summed E-state index contributed by atoms with van der Waals surface area (Å²) in [5.74, 6) is -0.862. The van der Waals surface area contributed by atoms with Crippen molar-refractivity contribution >= 4 is 0 Å². The third-order valence-corrected chi connectivity index (χ3v) is 4.27. The Morgan fingerprint density at radius 1 is 1.14 bits per heavy atom. The van der Waals surface area contributed by atoms with Crippen LogP contribution in [0.25, 0.3) is 0 Å². The highest BCUT2D eigenvalue weighted by Gasteiger charge is 2.44. The van der Waals surface area contributed by atoms with Crippen molar-refractivity contribution in [2.24, 2.45) is 5.92 Å². The molecule has 0 aliphatic heterocycles. The summed E-state index contributed by atoms with van der Waals surface area (Å²) in [5.41, 5.74) is 1.78. The summed E-state index contributed by atoms with van der Waals surface area (Å²) < 4.78 is 0. The van der Waals surface area contributed by atoms with Crippen molar-refractivity contribution in [3.63, 3.8) is 0 Å². The molecule has 0 spiro atoms. The molecule has 8 heteroatoms. The van der Waals surface area contributed by atoms with E-state index in [9.17, 15) is 30.5 Å². The SMILES string of the molecule is CC1=C(C)C[C@H]([N+](=O)[O-])[C@@H]([C@@H](O)[C@@H](O)[C@H](O)[C@H](O)CO)C1. The number of aliphatic hydroxyl groups is 5. The van der Waals surface area contributed by atoms with Crippen molar-refractivity contribution in [1.29, 1.82) is 0 Å². The number of hydrogen-bond donors (Lipinski definition) is 5. The second kappa shape index (κ2) is 7.28. The number of hydrogen-bond acceptors (Lipinski definition) is 7. The van der Waals surface area contributed by atoms with Crippen LogP contribution in [0.2, 0.25) is 0 Å². The Kier molecular flexibility index (Phi) is 6.24. The zero-order valence-electron chi connectivity index (χ0n) is 12.1. The van der Waals surface area contributed by atoms with Crippen molar-refractivity contribution in [1.82, 2.24) is 0 Å². The molecule has 0 unspecified atom stereocenters. The Labute approximate surface area is 122 Å². The Morgan fingerprint density at radius 3 is 2.14 bits per heavy atom. The molecule has 1 rings (SSSR count). The van der Waals surface area contributed by atoms with Gasteiger partial charge in [-0.05, 0) is 20.3 Å². The van der Waals surface area contributed by atoms with Crippen LogP contribution in [0.5, 0.6) is 0 Å². The summed E-state index contributed by atoms with van der Waals surface area (Å²) >= 11 is 0. The number of nitro groups is 1. The van der Waals surface area contributed by atoms with E-state index >= 15 is 0 Å². The zero-order valence-corrected chi connectivity index (χ0v) is 12.1. The van der Waals surface area contributed by atoms with E-state index in [1.807, 2.05) is 0 Å². The average Bonchev–Trinajstić information content (AvgIpc) is 2.46. The standard InChI is InChI=1S/C13H23NO7/c1-6-3-8(9(14(20)21)4-7(6)2)11(17)13(19)12(18)10(16)5-15/h8-13,15-19H,3-5H2,1-2H3/t8-,9-,10+,11+,12+,13+/m0/s1. The normalized spacial score (nSPS) is 28.9. The first kappa shape index (κ1) is 18.0. The highest BCUT2D eigenvalue weighted by molar-refractivity contribution is 5.17. The van der Waals surface area contributed by atoms with Gasteiger partial charge in [-0.2, -0.15) is 0 Å². The molecule has 0 bridgehead atoms. The Balaban J connectivity index is 2.92. The van der Waals surface area contributed by atoms with E-state index in [4.69, 9.17) is 5.11 Å². The number of allylic oxidation sites excluding steroid dienone is 1. The van der Waals surface area contributed by atoms with Gasteiger partial charge in [0.1, 0.15) is 18.3 Å². The third-order valence-electron chi connectivity index (χ3n) is 4.27. The Hall–Kier alpha value is -1.06. The molecule has 21 heavy (non-hydrogen) atoms. The summed E-state index contributed by atoms with van der Waals surface area (Å²) in [6, 6.07) is -1.06. The Bertz CT molecular complexity index is 411. The van der Waals surface area contributed by atoms with Gasteiger partial charge in [-0.1, -0.05) is 11.1 Å². The van der Waals surface area contributed by atoms with Crippen LogP contribution >= 0.6 is 0 Å². The van der Waals surface area contributed by atoms with Gasteiger partial charge in [-0.25, -0.2) is 0 Å². The summed E-state index contributed by atoms with van der Waals surface area (Å²) in [7, 11) is 0. The van der Waals surface area contributed by atoms with Crippen molar-refractivity contribution in [2.45, 2.75) is 57.1 Å². The summed E-state index contributed by atoms with van der Waals surface area (Å²) in [4.78, 5) is 10.6. The molecule has 0 heterocycles. The molecule has 8 nitrogen and oxygen atoms in total. The monoisotopic (exact) mass is 305 g/mol. The first-order chi connectivity index (χ1) is 9.70. The molecule has 1 aliphatic carbocycles. The van der Waals surface area contributed by atoms with Gasteiger partial charge in [0.15, 0.2) is 0 Å². The van der Waals surface area contributed by atoms with Crippen LogP contribution < -0.4 is 0 Å². The van der Waals surface area contributed by atoms with Crippen LogP contribution in [0.4, 0.5) is 0 Å². The first-order valence-electron chi connectivity index (χ1n) is 6.82. The van der Waals surface area contributed by atoms with Crippen molar-refractivity contribution in [3.05, 3.63) is 21.3 Å². The Morgan fingerprint density at radius 2 is 1.67 bits per heavy atom. The minimum Gasteiger partial charge on any atom is -0.394 e. The van der Waals surface area contributed by atoms with Crippen LogP contribution in [-0.4, -0.2) is 67.5 Å². The van der Waals surface area contributed by atoms with Gasteiger partial charge in [0.2, 0.25) is 6.04 Å². The third kappa shape index (κ3) is 3.98. The van der Waals surface area contributed by atoms with Crippen LogP contribution in [-0.2, 0) is 0 Å². The fourth-order valence-electron chi connectivity index (χ4n) is 2.67. The molecule has 1 aliphatic rings. The minimum atomic E-state index is -1.77. The minimum absolute atomic E-state index is 0.173. The average molecular weight is 305 g/mol. The quantitative estimate of drug-likeness (QED) is 0.236. The van der Waals surface area contributed by atoms with E-state index in [2.05, 4.69) is 0 Å². The van der Waals surface area contributed by atoms with Crippen LogP contribution in [0.15, 0.2) is 11.1 Å². The topological polar surface area (TPSA) is 144 Å². The largest absolute Gasteiger partial charge is 0.394 e. The smallest absolute Gasteiger partial charge is 0.222 e. The second-order valence-electron chi connectivity index (χ2n) is 5.71. The molecule has 0 aromatic carbocycles. The number of aliphatic hydroxyl groups excluding tert-OH is 5. The molecule has 5 N–H and O–H groups in total. The van der Waals surface area contributed by atoms with E-state index in [0.717, 1.165) is 11.1 Å². The maximum atomic E-state index is 11.1. The summed E-state index contributed by atoms with van der Waals surface area (Å²) in [6.07, 6.45) is -6.33. The van der Waals surface area contributed by atoms with Crippen molar-refractivity contribution in [3.8, 4) is 0 Å². The maximum Gasteiger partial charge on any atom is 0.222 e. The molecule has 6 atom stereocenters. The van der Waals surface area contributed by atoms with Gasteiger partial charge >= 0.3 is 0 Å². The molecule has 0 fully saturated rings. The van der Waals surface area contributed by atoms with E-state index in [0.29, 0.717) is 0 Å². The van der Waals surface area contributed by atoms with Gasteiger partial charge in [-0.3, -0.25) is 10.1 Å². The highest BCUT2D eigenvalue weighted by Crippen LogP contribution is 2.34. The molecular weight excluding hydrogens is 282 g/mol. The lowest BCUT2D eigenvalue weighted by molar-refractivity contribution is -0.535. The molecule has 0 radical (unpaired) electrons. The summed E-state index contributed by atoms with van der Waals surface area (Å²) in [6.45, 7) is 2.80. The van der Waals surface area contributed by atoms with Gasteiger partial charge < -0.3 is 25.5 Å². The van der Waals surface area contributed by atoms with Crippen molar-refractivity contribution < 1.29 is 30.5 Å². The van der Waals surface area contributed by atoms with E-state index in [-0.39, 0.29) is 12.8 Å². The van der Waals surface area contributed by atoms with E-state index < -0.39 is 47.9 Å². The number of rotatable bonds is 6. The van der Waals surface area contributed by atoms with Crippen LogP contribution in [0.1, 0.15) is 26.7 Å². The maximum absolute atomic E-state index is 11.1. The molecule has 0 amide bonds. The van der Waals surface area contributed by atoms with Crippen molar-refractivity contribution in [2.75, 3.05) is 6.61 Å². The lowest BCUT2D eigenvalue weighted by Crippen LogP contribution is -2.52. The molecule has 0 saturated carbocycles. The zero-order chi connectivity index (χ0) is 16.3. The molecule has 0 aromatic heterocycles. The van der Waals surface area contributed by atoms with Gasteiger partial charge in [0.05, 0.1) is 18.6 Å². The van der Waals surface area contributed by atoms with Gasteiger partial charge in [-0.15, -0.1) is 0 Å². The lowest BCUT2D eigenvalue weighted by atomic mass is 9.76. The predicted octanol–water partition coefficient (Wildman–Crippen LogP) is -1.19. The van der Waals surface area contributed by atoms with Gasteiger partial charge in [0.25, 0.3) is 0 Å². The van der Waals surface area contributed by atoms with E-state index in [1.54, 1.807) is 13.8 Å². The fourth-order valence-corrected chi connectivity index (χ4v) is 2.67. The molecule has 122 valence electrons. The van der Waals surface area contributed by atoms with Crippen LogP contribution in [0.3, 0.4) is 0 Å². The lowest BCUT2D eigenvalue weighted by Gasteiger charge is -2.35. The van der Waals surface area contributed by atoms with E-state index in [1.165, 1.54) is 0 Å². The predicted molar refractivity (Wildman–Crippen MR) is 73.0 cm³/mol. The van der Waals surface area contributed by atoms with Crippen LogP contribution in [0, 0.1) is 16.0 Å². The van der Waals surface area contributed by atoms with Gasteiger partial charge in [0, 0.05) is 11.3 Å². The fraction of sp³-hybridized carbons (Fsp3) is 0.846. The molecule has 0 saturated heterocycles. The molecule has 0 aromatic rings. The molecular formula is C13H23NO7. The first-order valence-corrected chi connectivity index (χ1v) is 6.82. The number of nitrogens with zero attached hydrogens (tertiary/aromatic N) is 1. The highest BCUT2D eigenvalue weighted by atomic mass is 16.6. The second-order valence-corrected chi connectivity index (χ2v) is 5.71. The summed E-state index contributed by atoms with van der Waals surface area (Å²) in [5, 5.41) is 58.8.